The van der Waals surface area contributed by atoms with Gasteiger partial charge in [-0.3, -0.25) is 4.79 Å². The molecule has 1 amide bonds. The first kappa shape index (κ1) is 17.9. The van der Waals surface area contributed by atoms with Crippen LogP contribution in [0.4, 0.5) is 8.78 Å². The molecule has 1 atom stereocenters. The number of rotatable bonds is 4. The van der Waals surface area contributed by atoms with Crippen molar-refractivity contribution in [1.82, 2.24) is 5.32 Å². The Hall–Kier alpha value is -2.89. The van der Waals surface area contributed by atoms with E-state index in [2.05, 4.69) is 5.32 Å². The van der Waals surface area contributed by atoms with Crippen LogP contribution in [-0.2, 0) is 4.79 Å². The molecule has 4 nitrogen and oxygen atoms in total. The first-order valence-corrected chi connectivity index (χ1v) is 8.37. The van der Waals surface area contributed by atoms with Gasteiger partial charge in [0.05, 0.1) is 19.3 Å². The van der Waals surface area contributed by atoms with Crippen LogP contribution in [0.25, 0.3) is 6.08 Å². The van der Waals surface area contributed by atoms with Crippen molar-refractivity contribution in [2.45, 2.75) is 19.4 Å². The van der Waals surface area contributed by atoms with E-state index in [0.717, 1.165) is 36.3 Å². The second-order valence-electron chi connectivity index (χ2n) is 5.96. The molecule has 1 aliphatic rings. The number of hydrogen-bond donors (Lipinski definition) is 1. The first-order valence-electron chi connectivity index (χ1n) is 8.37. The fourth-order valence-corrected chi connectivity index (χ4v) is 2.62. The molecular formula is C20H19F2NO3. The van der Waals surface area contributed by atoms with E-state index in [9.17, 15) is 13.6 Å². The summed E-state index contributed by atoms with van der Waals surface area (Å²) in [5, 5.41) is 2.76. The molecule has 2 aromatic carbocycles. The topological polar surface area (TPSA) is 47.6 Å². The maximum atomic E-state index is 13.6. The summed E-state index contributed by atoms with van der Waals surface area (Å²) in [6.07, 6.45) is 3.05. The van der Waals surface area contributed by atoms with Crippen molar-refractivity contribution in [2.75, 3.05) is 13.2 Å². The van der Waals surface area contributed by atoms with E-state index < -0.39 is 17.5 Å². The number of ether oxygens (including phenoxy) is 2. The minimum Gasteiger partial charge on any atom is -0.490 e. The predicted octanol–water partition coefficient (Wildman–Crippen LogP) is 4.02. The first-order chi connectivity index (χ1) is 12.5. The molecule has 136 valence electrons. The van der Waals surface area contributed by atoms with Crippen molar-refractivity contribution in [1.29, 1.82) is 0 Å². The van der Waals surface area contributed by atoms with Gasteiger partial charge >= 0.3 is 0 Å². The van der Waals surface area contributed by atoms with Crippen LogP contribution in [0, 0.1) is 11.6 Å². The SMILES string of the molecule is CC(NC(=O)/C=C/c1c(F)cccc1F)c1ccc2c(c1)OCCCO2. The van der Waals surface area contributed by atoms with Crippen LogP contribution in [-0.4, -0.2) is 19.1 Å². The summed E-state index contributed by atoms with van der Waals surface area (Å²) in [6, 6.07) is 8.72. The Morgan fingerprint density at radius 3 is 2.54 bits per heavy atom. The van der Waals surface area contributed by atoms with Gasteiger partial charge in [0.2, 0.25) is 5.91 Å². The van der Waals surface area contributed by atoms with Gasteiger partial charge in [0.25, 0.3) is 0 Å². The van der Waals surface area contributed by atoms with E-state index >= 15 is 0 Å². The molecule has 0 radical (unpaired) electrons. The fourth-order valence-electron chi connectivity index (χ4n) is 2.62. The number of benzene rings is 2. The van der Waals surface area contributed by atoms with E-state index in [4.69, 9.17) is 9.47 Å². The third kappa shape index (κ3) is 4.20. The van der Waals surface area contributed by atoms with Crippen LogP contribution in [0.5, 0.6) is 11.5 Å². The third-order valence-corrected chi connectivity index (χ3v) is 4.03. The lowest BCUT2D eigenvalue weighted by atomic mass is 10.1. The maximum absolute atomic E-state index is 13.6. The minimum absolute atomic E-state index is 0.245. The molecule has 0 saturated carbocycles. The lowest BCUT2D eigenvalue weighted by Crippen LogP contribution is -2.24. The molecule has 0 aliphatic carbocycles. The zero-order valence-corrected chi connectivity index (χ0v) is 14.3. The number of carbonyl (C=O) groups excluding carboxylic acids is 1. The van der Waals surface area contributed by atoms with E-state index in [1.165, 1.54) is 6.07 Å². The summed E-state index contributed by atoms with van der Waals surface area (Å²) in [7, 11) is 0. The van der Waals surface area contributed by atoms with Crippen molar-refractivity contribution in [3.05, 3.63) is 65.2 Å². The summed E-state index contributed by atoms with van der Waals surface area (Å²) >= 11 is 0. The zero-order valence-electron chi connectivity index (χ0n) is 14.3. The summed E-state index contributed by atoms with van der Waals surface area (Å²) in [5.74, 6) is -0.563. The molecule has 0 spiro atoms. The second kappa shape index (κ2) is 7.99. The molecular weight excluding hydrogens is 340 g/mol. The molecule has 1 unspecified atom stereocenters. The number of amides is 1. The van der Waals surface area contributed by atoms with Crippen molar-refractivity contribution >= 4 is 12.0 Å². The quantitative estimate of drug-likeness (QED) is 0.839. The Morgan fingerprint density at radius 1 is 1.12 bits per heavy atom. The summed E-state index contributed by atoms with van der Waals surface area (Å²) < 4.78 is 38.4. The Morgan fingerprint density at radius 2 is 1.81 bits per heavy atom. The van der Waals surface area contributed by atoms with Crippen molar-refractivity contribution < 1.29 is 23.0 Å². The number of fused-ring (bicyclic) bond motifs is 1. The smallest absolute Gasteiger partial charge is 0.244 e. The molecule has 26 heavy (non-hydrogen) atoms. The summed E-state index contributed by atoms with van der Waals surface area (Å²) in [5.41, 5.74) is 0.596. The van der Waals surface area contributed by atoms with Crippen molar-refractivity contribution in [2.24, 2.45) is 0 Å². The number of halogens is 2. The van der Waals surface area contributed by atoms with Gasteiger partial charge < -0.3 is 14.8 Å². The van der Waals surface area contributed by atoms with Crippen molar-refractivity contribution in [3.63, 3.8) is 0 Å². The Bertz CT molecular complexity index is 816. The zero-order chi connectivity index (χ0) is 18.5. The third-order valence-electron chi connectivity index (χ3n) is 4.03. The van der Waals surface area contributed by atoms with E-state index in [-0.39, 0.29) is 11.6 Å². The number of carbonyl (C=O) groups is 1. The molecule has 1 heterocycles. The van der Waals surface area contributed by atoms with E-state index in [1.54, 1.807) is 0 Å². The molecule has 1 aliphatic heterocycles. The highest BCUT2D eigenvalue weighted by Crippen LogP contribution is 2.32. The fraction of sp³-hybridized carbons (Fsp3) is 0.250. The minimum atomic E-state index is -0.718. The number of nitrogens with one attached hydrogen (secondary N) is 1. The average Bonchev–Trinajstić information content (AvgIpc) is 2.86. The molecule has 3 rings (SSSR count). The van der Waals surface area contributed by atoms with Crippen LogP contribution in [0.15, 0.2) is 42.5 Å². The van der Waals surface area contributed by atoms with Gasteiger partial charge in [-0.2, -0.15) is 0 Å². The Labute approximate surface area is 150 Å². The molecule has 1 N–H and O–H groups in total. The van der Waals surface area contributed by atoms with Gasteiger partial charge in [-0.1, -0.05) is 12.1 Å². The highest BCUT2D eigenvalue weighted by molar-refractivity contribution is 5.92. The van der Waals surface area contributed by atoms with Crippen LogP contribution in [0.3, 0.4) is 0 Å². The average molecular weight is 359 g/mol. The predicted molar refractivity (Wildman–Crippen MR) is 94.0 cm³/mol. The van der Waals surface area contributed by atoms with Crippen LogP contribution in [0.1, 0.15) is 30.5 Å². The van der Waals surface area contributed by atoms with Crippen LogP contribution in [0.2, 0.25) is 0 Å². The molecule has 0 aromatic heterocycles. The normalized spacial score (nSPS) is 14.7. The lowest BCUT2D eigenvalue weighted by Gasteiger charge is -2.15. The van der Waals surface area contributed by atoms with Gasteiger partial charge in [-0.15, -0.1) is 0 Å². The van der Waals surface area contributed by atoms with Gasteiger partial charge in [0.1, 0.15) is 11.6 Å². The Kier molecular flexibility index (Phi) is 5.51. The van der Waals surface area contributed by atoms with Crippen LogP contribution >= 0.6 is 0 Å². The molecule has 2 aromatic rings. The molecule has 0 saturated heterocycles. The van der Waals surface area contributed by atoms with Crippen molar-refractivity contribution in [3.8, 4) is 11.5 Å². The highest BCUT2D eigenvalue weighted by atomic mass is 19.1. The molecule has 6 heteroatoms. The van der Waals surface area contributed by atoms with E-state index in [1.807, 2.05) is 25.1 Å². The van der Waals surface area contributed by atoms with Crippen LogP contribution < -0.4 is 14.8 Å². The number of hydrogen-bond acceptors (Lipinski definition) is 3. The van der Waals surface area contributed by atoms with Gasteiger partial charge in [0.15, 0.2) is 11.5 Å². The summed E-state index contributed by atoms with van der Waals surface area (Å²) in [6.45, 7) is 3.00. The molecule has 0 fully saturated rings. The largest absolute Gasteiger partial charge is 0.490 e. The lowest BCUT2D eigenvalue weighted by molar-refractivity contribution is -0.117. The van der Waals surface area contributed by atoms with Gasteiger partial charge in [-0.05, 0) is 42.8 Å². The monoisotopic (exact) mass is 359 g/mol. The standard InChI is InChI=1S/C20H19F2NO3/c1-13(14-6-8-18-19(12-14)26-11-3-10-25-18)23-20(24)9-7-15-16(21)4-2-5-17(15)22/h2,4-9,12-13H,3,10-11H2,1H3,(H,23,24)/b9-7+. The highest BCUT2D eigenvalue weighted by Gasteiger charge is 2.14. The maximum Gasteiger partial charge on any atom is 0.244 e. The van der Waals surface area contributed by atoms with Gasteiger partial charge in [-0.25, -0.2) is 8.78 Å². The van der Waals surface area contributed by atoms with Gasteiger partial charge in [0, 0.05) is 18.1 Å². The summed E-state index contributed by atoms with van der Waals surface area (Å²) in [4.78, 5) is 12.1. The molecule has 0 bridgehead atoms. The second-order valence-corrected chi connectivity index (χ2v) is 5.96. The Balaban J connectivity index is 1.68. The van der Waals surface area contributed by atoms with E-state index in [0.29, 0.717) is 24.7 Å².